The Hall–Kier alpha value is -2.64. The smallest absolute Gasteiger partial charge is 0.257 e. The van der Waals surface area contributed by atoms with Crippen molar-refractivity contribution >= 4 is 26.7 Å². The van der Waals surface area contributed by atoms with Crippen LogP contribution in [0.5, 0.6) is 0 Å². The maximum Gasteiger partial charge on any atom is 0.257 e. The van der Waals surface area contributed by atoms with Crippen LogP contribution in [0.4, 0.5) is 0 Å². The third kappa shape index (κ3) is 3.31. The van der Waals surface area contributed by atoms with Crippen LogP contribution in [0.2, 0.25) is 0 Å². The van der Waals surface area contributed by atoms with Crippen molar-refractivity contribution in [3.8, 4) is 0 Å². The first-order chi connectivity index (χ1) is 13.4. The molecule has 1 aromatic heterocycles. The second kappa shape index (κ2) is 7.07. The molecule has 1 amide bonds. The lowest BCUT2D eigenvalue weighted by Crippen LogP contribution is -2.50. The van der Waals surface area contributed by atoms with Gasteiger partial charge in [-0.15, -0.1) is 0 Å². The normalized spacial score (nSPS) is 15.9. The monoisotopic (exact) mass is 398 g/mol. The van der Waals surface area contributed by atoms with Gasteiger partial charge in [-0.2, -0.15) is 4.31 Å². The highest BCUT2D eigenvalue weighted by molar-refractivity contribution is 7.89. The van der Waals surface area contributed by atoms with Gasteiger partial charge in [-0.05, 0) is 42.8 Å². The third-order valence-electron chi connectivity index (χ3n) is 5.16. The third-order valence-corrected chi connectivity index (χ3v) is 7.05. The van der Waals surface area contributed by atoms with Gasteiger partial charge in [-0.3, -0.25) is 4.79 Å². The molecular weight excluding hydrogens is 376 g/mol. The molecule has 0 aliphatic carbocycles. The summed E-state index contributed by atoms with van der Waals surface area (Å²) in [5.41, 5.74) is 0.545. The number of aryl methyl sites for hydroxylation is 2. The highest BCUT2D eigenvalue weighted by Crippen LogP contribution is 2.24. The van der Waals surface area contributed by atoms with E-state index in [2.05, 4.69) is 0 Å². The number of benzene rings is 2. The molecule has 1 fully saturated rings. The van der Waals surface area contributed by atoms with E-state index in [0.717, 1.165) is 10.8 Å². The topological polar surface area (TPSA) is 70.8 Å². The fourth-order valence-electron chi connectivity index (χ4n) is 3.62. The Morgan fingerprint density at radius 3 is 2.25 bits per heavy atom. The van der Waals surface area contributed by atoms with Crippen molar-refractivity contribution in [2.24, 2.45) is 0 Å². The first kappa shape index (κ1) is 18.7. The lowest BCUT2D eigenvalue weighted by molar-refractivity contribution is 0.0696. The quantitative estimate of drug-likeness (QED) is 0.679. The van der Waals surface area contributed by atoms with E-state index in [4.69, 9.17) is 4.42 Å². The Bertz CT molecular complexity index is 1140. The van der Waals surface area contributed by atoms with Crippen molar-refractivity contribution in [1.29, 1.82) is 0 Å². The maximum absolute atomic E-state index is 13.0. The zero-order valence-corrected chi connectivity index (χ0v) is 16.7. The van der Waals surface area contributed by atoms with Crippen LogP contribution in [0.3, 0.4) is 0 Å². The Morgan fingerprint density at radius 2 is 1.61 bits per heavy atom. The molecule has 28 heavy (non-hydrogen) atoms. The number of nitrogens with zero attached hydrogens (tertiary/aromatic N) is 2. The minimum Gasteiger partial charge on any atom is -0.466 e. The number of rotatable bonds is 3. The Morgan fingerprint density at radius 1 is 0.929 bits per heavy atom. The second-order valence-electron chi connectivity index (χ2n) is 7.03. The van der Waals surface area contributed by atoms with Crippen molar-refractivity contribution in [3.63, 3.8) is 0 Å². The molecule has 0 bridgehead atoms. The molecule has 0 radical (unpaired) electrons. The van der Waals surface area contributed by atoms with E-state index in [0.29, 0.717) is 30.2 Å². The van der Waals surface area contributed by atoms with Gasteiger partial charge in [-0.25, -0.2) is 8.42 Å². The van der Waals surface area contributed by atoms with Gasteiger partial charge in [0, 0.05) is 26.2 Å². The standard InChI is InChI=1S/C21H22N2O4S/c1-15-13-20(16(2)27-15)21(24)22-9-11-23(12-10-22)28(25,26)19-8-7-17-5-3-4-6-18(17)14-19/h3-8,13-14H,9-12H2,1-2H3. The van der Waals surface area contributed by atoms with Crippen LogP contribution in [-0.2, 0) is 10.0 Å². The fraction of sp³-hybridized carbons (Fsp3) is 0.286. The van der Waals surface area contributed by atoms with Crippen LogP contribution >= 0.6 is 0 Å². The fourth-order valence-corrected chi connectivity index (χ4v) is 5.08. The number of carbonyl (C=O) groups excluding carboxylic acids is 1. The number of piperazine rings is 1. The van der Waals surface area contributed by atoms with Crippen molar-refractivity contribution in [1.82, 2.24) is 9.21 Å². The van der Waals surface area contributed by atoms with Gasteiger partial charge >= 0.3 is 0 Å². The number of hydrogen-bond donors (Lipinski definition) is 0. The van der Waals surface area contributed by atoms with E-state index < -0.39 is 10.0 Å². The molecular formula is C21H22N2O4S. The number of hydrogen-bond acceptors (Lipinski definition) is 4. The number of amides is 1. The Kier molecular flexibility index (Phi) is 4.72. The van der Waals surface area contributed by atoms with E-state index in [1.54, 1.807) is 36.9 Å². The molecule has 2 heterocycles. The molecule has 7 heteroatoms. The van der Waals surface area contributed by atoms with Gasteiger partial charge in [0.25, 0.3) is 5.91 Å². The van der Waals surface area contributed by atoms with Crippen molar-refractivity contribution in [3.05, 3.63) is 65.6 Å². The van der Waals surface area contributed by atoms with Gasteiger partial charge in [0.1, 0.15) is 11.5 Å². The molecule has 0 atom stereocenters. The number of furan rings is 1. The van der Waals surface area contributed by atoms with Crippen molar-refractivity contribution in [2.45, 2.75) is 18.7 Å². The average Bonchev–Trinajstić information content (AvgIpc) is 3.05. The SMILES string of the molecule is Cc1cc(C(=O)N2CCN(S(=O)(=O)c3ccc4ccccc4c3)CC2)c(C)o1. The predicted octanol–water partition coefficient (Wildman–Crippen LogP) is 3.20. The molecule has 0 N–H and O–H groups in total. The van der Waals surface area contributed by atoms with Gasteiger partial charge in [0.15, 0.2) is 0 Å². The molecule has 3 aromatic rings. The van der Waals surface area contributed by atoms with E-state index in [1.165, 1.54) is 4.31 Å². The van der Waals surface area contributed by atoms with Crippen molar-refractivity contribution < 1.29 is 17.6 Å². The van der Waals surface area contributed by atoms with E-state index in [-0.39, 0.29) is 23.9 Å². The molecule has 6 nitrogen and oxygen atoms in total. The molecule has 4 rings (SSSR count). The van der Waals surface area contributed by atoms with E-state index >= 15 is 0 Å². The molecule has 0 saturated carbocycles. The molecule has 0 unspecified atom stereocenters. The molecule has 1 saturated heterocycles. The summed E-state index contributed by atoms with van der Waals surface area (Å²) in [5, 5.41) is 1.89. The summed E-state index contributed by atoms with van der Waals surface area (Å²) in [6.07, 6.45) is 0. The van der Waals surface area contributed by atoms with Gasteiger partial charge in [0.2, 0.25) is 10.0 Å². The second-order valence-corrected chi connectivity index (χ2v) is 8.97. The summed E-state index contributed by atoms with van der Waals surface area (Å²) >= 11 is 0. The summed E-state index contributed by atoms with van der Waals surface area (Å²) in [4.78, 5) is 14.7. The minimum atomic E-state index is -3.59. The van der Waals surface area contributed by atoms with Crippen LogP contribution in [0, 0.1) is 13.8 Å². The summed E-state index contributed by atoms with van der Waals surface area (Å²) in [7, 11) is -3.59. The summed E-state index contributed by atoms with van der Waals surface area (Å²) in [6, 6.07) is 14.6. The molecule has 1 aliphatic heterocycles. The number of carbonyl (C=O) groups is 1. The predicted molar refractivity (Wildman–Crippen MR) is 107 cm³/mol. The Labute approximate surface area is 164 Å². The maximum atomic E-state index is 13.0. The lowest BCUT2D eigenvalue weighted by Gasteiger charge is -2.34. The zero-order valence-electron chi connectivity index (χ0n) is 15.9. The summed E-state index contributed by atoms with van der Waals surface area (Å²) in [6.45, 7) is 4.83. The molecule has 0 spiro atoms. The number of fused-ring (bicyclic) bond motifs is 1. The molecule has 146 valence electrons. The minimum absolute atomic E-state index is 0.114. The van der Waals surface area contributed by atoms with Gasteiger partial charge in [-0.1, -0.05) is 30.3 Å². The first-order valence-corrected chi connectivity index (χ1v) is 10.7. The van der Waals surface area contributed by atoms with Crippen molar-refractivity contribution in [2.75, 3.05) is 26.2 Å². The van der Waals surface area contributed by atoms with Crippen LogP contribution in [0.15, 0.2) is 57.8 Å². The van der Waals surface area contributed by atoms with Crippen LogP contribution < -0.4 is 0 Å². The number of sulfonamides is 1. The van der Waals surface area contributed by atoms with Crippen LogP contribution in [0.25, 0.3) is 10.8 Å². The lowest BCUT2D eigenvalue weighted by atomic mass is 10.1. The highest BCUT2D eigenvalue weighted by Gasteiger charge is 2.31. The van der Waals surface area contributed by atoms with Crippen LogP contribution in [0.1, 0.15) is 21.9 Å². The largest absolute Gasteiger partial charge is 0.466 e. The highest BCUT2D eigenvalue weighted by atomic mass is 32.2. The molecule has 1 aliphatic rings. The summed E-state index contributed by atoms with van der Waals surface area (Å²) < 4.78 is 33.0. The first-order valence-electron chi connectivity index (χ1n) is 9.21. The molecule has 2 aromatic carbocycles. The van der Waals surface area contributed by atoms with E-state index in [1.807, 2.05) is 30.3 Å². The average molecular weight is 398 g/mol. The van der Waals surface area contributed by atoms with Crippen LogP contribution in [-0.4, -0.2) is 49.7 Å². The summed E-state index contributed by atoms with van der Waals surface area (Å²) in [5.74, 6) is 1.17. The Balaban J connectivity index is 1.50. The zero-order chi connectivity index (χ0) is 19.9. The van der Waals surface area contributed by atoms with Gasteiger partial charge < -0.3 is 9.32 Å². The van der Waals surface area contributed by atoms with E-state index in [9.17, 15) is 13.2 Å². The van der Waals surface area contributed by atoms with Gasteiger partial charge in [0.05, 0.1) is 10.5 Å².